The Morgan fingerprint density at radius 3 is 1.69 bits per heavy atom. The molecule has 0 aliphatic heterocycles. The molecule has 6 heteroatoms. The van der Waals surface area contributed by atoms with E-state index in [1.165, 1.54) is 5.56 Å². The number of rotatable bonds is 0. The van der Waals surface area contributed by atoms with Crippen molar-refractivity contribution in [2.24, 2.45) is 0 Å². The van der Waals surface area contributed by atoms with Gasteiger partial charge in [-0.25, -0.2) is 8.42 Å². The summed E-state index contributed by atoms with van der Waals surface area (Å²) in [5.41, 5.74) is 1.32. The fourth-order valence-corrected chi connectivity index (χ4v) is 0.534. The predicted molar refractivity (Wildman–Crippen MR) is 46.7 cm³/mol. The molecule has 0 aliphatic carbocycles. The van der Waals surface area contributed by atoms with E-state index >= 15 is 0 Å². The number of halogens is 1. The Bertz CT molecular complexity index is 304. The van der Waals surface area contributed by atoms with Crippen LogP contribution >= 0.6 is 10.7 Å². The summed E-state index contributed by atoms with van der Waals surface area (Å²) in [6.07, 6.45) is 0. The van der Waals surface area contributed by atoms with Crippen molar-refractivity contribution >= 4 is 20.0 Å². The summed E-state index contributed by atoms with van der Waals surface area (Å²) < 4.78 is 26.5. The first kappa shape index (κ1) is 15.9. The average Bonchev–Trinajstić information content (AvgIpc) is 1.85. The summed E-state index contributed by atoms with van der Waals surface area (Å²) in [6, 6.07) is 10.3. The average molecular weight is 231 g/mol. The minimum atomic E-state index is -4.44. The molecule has 0 N–H and O–H groups in total. The van der Waals surface area contributed by atoms with Crippen molar-refractivity contribution < 1.29 is 42.5 Å². The van der Waals surface area contributed by atoms with Crippen molar-refractivity contribution in [3.8, 4) is 0 Å². The van der Waals surface area contributed by atoms with Crippen molar-refractivity contribution in [1.29, 1.82) is 0 Å². The van der Waals surface area contributed by atoms with Crippen LogP contribution in [0.25, 0.3) is 0 Å². The molecule has 0 amide bonds. The van der Waals surface area contributed by atoms with Gasteiger partial charge in [-0.2, -0.15) is 0 Å². The van der Waals surface area contributed by atoms with Gasteiger partial charge >= 0.3 is 29.6 Å². The molecule has 0 saturated heterocycles. The molecule has 13 heavy (non-hydrogen) atoms. The summed E-state index contributed by atoms with van der Waals surface area (Å²) in [5, 5.41) is 0. The van der Waals surface area contributed by atoms with Crippen molar-refractivity contribution in [3.05, 3.63) is 35.9 Å². The van der Waals surface area contributed by atoms with Crippen molar-refractivity contribution in [2.75, 3.05) is 0 Å². The van der Waals surface area contributed by atoms with E-state index in [-0.39, 0.29) is 29.6 Å². The Balaban J connectivity index is 0. The first-order valence-electron chi connectivity index (χ1n) is 3.06. The molecule has 1 rings (SSSR count). The van der Waals surface area contributed by atoms with Gasteiger partial charge in [0.1, 0.15) is 0 Å². The first-order chi connectivity index (χ1) is 5.39. The molecule has 0 aliphatic rings. The Morgan fingerprint density at radius 2 is 1.54 bits per heavy atom. The fourth-order valence-electron chi connectivity index (χ4n) is 0.534. The second-order valence-corrected chi connectivity index (χ2v) is 3.97. The number of aryl methyl sites for hydroxylation is 1. The van der Waals surface area contributed by atoms with Crippen LogP contribution in [0.1, 0.15) is 5.56 Å². The molecular weight excluding hydrogens is 223 g/mol. The second kappa shape index (κ2) is 7.79. The molecule has 0 heterocycles. The van der Waals surface area contributed by atoms with Crippen LogP contribution in [-0.4, -0.2) is 13.0 Å². The topological polar surface area (TPSA) is 57.2 Å². The molecule has 0 aromatic heterocycles. The number of benzene rings is 1. The molecule has 68 valence electrons. The Morgan fingerprint density at radius 1 is 1.23 bits per heavy atom. The SMILES string of the molecule is Cc1ccccc1.O=S(=O)([O-])Cl.[Na+]. The third kappa shape index (κ3) is 19.0. The number of hydrogen-bond acceptors (Lipinski definition) is 3. The van der Waals surface area contributed by atoms with Gasteiger partial charge in [0.05, 0.1) is 0 Å². The zero-order valence-corrected chi connectivity index (χ0v) is 11.0. The normalized spacial score (nSPS) is 9.15. The molecule has 0 bridgehead atoms. The molecule has 3 nitrogen and oxygen atoms in total. The van der Waals surface area contributed by atoms with Crippen molar-refractivity contribution in [1.82, 2.24) is 0 Å². The van der Waals surface area contributed by atoms with Crippen LogP contribution in [0.4, 0.5) is 0 Å². The minimum absolute atomic E-state index is 0. The van der Waals surface area contributed by atoms with Crippen LogP contribution in [0.3, 0.4) is 0 Å². The van der Waals surface area contributed by atoms with Crippen LogP contribution in [0.5, 0.6) is 0 Å². The maximum atomic E-state index is 8.84. The van der Waals surface area contributed by atoms with Gasteiger partial charge in [-0.1, -0.05) is 35.9 Å². The van der Waals surface area contributed by atoms with E-state index in [2.05, 4.69) is 29.7 Å². The van der Waals surface area contributed by atoms with Gasteiger partial charge in [0.15, 0.2) is 9.33 Å². The van der Waals surface area contributed by atoms with Crippen LogP contribution in [-0.2, 0) is 9.33 Å². The van der Waals surface area contributed by atoms with E-state index in [0.717, 1.165) is 0 Å². The Kier molecular flexibility index (Phi) is 9.51. The van der Waals surface area contributed by atoms with Gasteiger partial charge in [0.25, 0.3) is 0 Å². The minimum Gasteiger partial charge on any atom is -0.735 e. The maximum absolute atomic E-state index is 8.84. The van der Waals surface area contributed by atoms with E-state index in [0.29, 0.717) is 0 Å². The standard InChI is InChI=1S/C7H8.ClHO3S.Na/c1-7-5-3-2-4-6-7;1-5(2,3)4;/h2-6H,1H3;(H,2,3,4);/q;;+1/p-1. The van der Waals surface area contributed by atoms with E-state index in [1.54, 1.807) is 0 Å². The van der Waals surface area contributed by atoms with Crippen LogP contribution < -0.4 is 29.6 Å². The van der Waals surface area contributed by atoms with Crippen LogP contribution in [0.15, 0.2) is 30.3 Å². The van der Waals surface area contributed by atoms with Crippen LogP contribution in [0.2, 0.25) is 0 Å². The largest absolute Gasteiger partial charge is 1.00 e. The molecule has 0 saturated carbocycles. The molecule has 1 aromatic rings. The molecule has 0 spiro atoms. The Hall–Kier alpha value is 0.420. The number of hydrogen-bond donors (Lipinski definition) is 0. The summed E-state index contributed by atoms with van der Waals surface area (Å²) in [7, 11) is -0.498. The zero-order valence-electron chi connectivity index (χ0n) is 7.40. The molecule has 0 radical (unpaired) electrons. The molecular formula is C7H8ClNaO3S. The summed E-state index contributed by atoms with van der Waals surface area (Å²) in [6.45, 7) is 2.08. The maximum Gasteiger partial charge on any atom is 1.00 e. The van der Waals surface area contributed by atoms with Crippen molar-refractivity contribution in [2.45, 2.75) is 6.92 Å². The van der Waals surface area contributed by atoms with Crippen LogP contribution in [0, 0.1) is 6.92 Å². The van der Waals surface area contributed by atoms with Gasteiger partial charge in [0, 0.05) is 10.7 Å². The molecule has 0 unspecified atom stereocenters. The third-order valence-corrected chi connectivity index (χ3v) is 0.940. The summed E-state index contributed by atoms with van der Waals surface area (Å²) >= 11 is 0. The first-order valence-corrected chi connectivity index (χ1v) is 5.30. The predicted octanol–water partition coefficient (Wildman–Crippen LogP) is -1.32. The molecule has 1 aromatic carbocycles. The van der Waals surface area contributed by atoms with Gasteiger partial charge in [-0.05, 0) is 6.92 Å². The van der Waals surface area contributed by atoms with E-state index < -0.39 is 9.33 Å². The molecule has 0 atom stereocenters. The molecule has 0 fully saturated rings. The summed E-state index contributed by atoms with van der Waals surface area (Å²) in [4.78, 5) is 0. The summed E-state index contributed by atoms with van der Waals surface area (Å²) in [5.74, 6) is 0. The quantitative estimate of drug-likeness (QED) is 0.316. The van der Waals surface area contributed by atoms with Gasteiger partial charge in [0.2, 0.25) is 0 Å². The zero-order chi connectivity index (χ0) is 9.61. The smallest absolute Gasteiger partial charge is 0.735 e. The Labute approximate surface area is 105 Å². The fraction of sp³-hybridized carbons (Fsp3) is 0.143. The monoisotopic (exact) mass is 230 g/mol. The van der Waals surface area contributed by atoms with E-state index in [9.17, 15) is 0 Å². The second-order valence-electron chi connectivity index (χ2n) is 2.05. The van der Waals surface area contributed by atoms with E-state index in [4.69, 9.17) is 13.0 Å². The third-order valence-electron chi connectivity index (χ3n) is 0.940. The van der Waals surface area contributed by atoms with Gasteiger partial charge in [-0.15, -0.1) is 0 Å². The van der Waals surface area contributed by atoms with Gasteiger partial charge in [-0.3, -0.25) is 0 Å². The van der Waals surface area contributed by atoms with Gasteiger partial charge < -0.3 is 4.55 Å². The van der Waals surface area contributed by atoms with E-state index in [1.807, 2.05) is 18.2 Å². The van der Waals surface area contributed by atoms with Crippen molar-refractivity contribution in [3.63, 3.8) is 0 Å².